The largest absolute Gasteiger partial charge is 0.481 e. The fraction of sp³-hybridized carbons (Fsp3) is 0.474. The average molecular weight is 357 g/mol. The minimum atomic E-state index is -0.909. The van der Waals surface area contributed by atoms with Gasteiger partial charge >= 0.3 is 5.97 Å². The number of fused-ring (bicyclic) bond motifs is 1. The molecule has 26 heavy (non-hydrogen) atoms. The SMILES string of the molecule is Cc1cccc2c(=O)n(CCC(=O)N(CC(C)C(=O)O)C3CC3)cnc12. The summed E-state index contributed by atoms with van der Waals surface area (Å²) >= 11 is 0. The van der Waals surface area contributed by atoms with E-state index >= 15 is 0 Å². The van der Waals surface area contributed by atoms with Gasteiger partial charge in [-0.25, -0.2) is 4.98 Å². The van der Waals surface area contributed by atoms with Gasteiger partial charge in [0.25, 0.3) is 5.56 Å². The van der Waals surface area contributed by atoms with Crippen LogP contribution in [0.5, 0.6) is 0 Å². The monoisotopic (exact) mass is 357 g/mol. The molecule has 2 aromatic rings. The number of aliphatic carboxylic acids is 1. The Kier molecular flexibility index (Phi) is 5.06. The molecule has 0 radical (unpaired) electrons. The molecule has 1 aromatic heterocycles. The van der Waals surface area contributed by atoms with Crippen LogP contribution < -0.4 is 5.56 Å². The van der Waals surface area contributed by atoms with E-state index in [1.54, 1.807) is 17.9 Å². The van der Waals surface area contributed by atoms with Crippen molar-refractivity contribution in [2.45, 2.75) is 45.7 Å². The standard InChI is InChI=1S/C19H23N3O4/c1-12-4-3-5-15-17(12)20-11-21(18(15)24)9-8-16(23)22(14-6-7-14)10-13(2)19(25)26/h3-5,11,13-14H,6-10H2,1-2H3,(H,25,26). The molecule has 0 saturated heterocycles. The van der Waals surface area contributed by atoms with Gasteiger partial charge in [-0.05, 0) is 31.4 Å². The highest BCUT2D eigenvalue weighted by atomic mass is 16.4. The lowest BCUT2D eigenvalue weighted by Gasteiger charge is -2.24. The van der Waals surface area contributed by atoms with Gasteiger partial charge in [-0.15, -0.1) is 0 Å². The number of rotatable bonds is 7. The Hall–Kier alpha value is -2.70. The number of carbonyl (C=O) groups excluding carboxylic acids is 1. The maximum Gasteiger partial charge on any atom is 0.308 e. The zero-order valence-electron chi connectivity index (χ0n) is 15.0. The lowest BCUT2D eigenvalue weighted by Crippen LogP contribution is -2.39. The molecule has 1 aromatic carbocycles. The van der Waals surface area contributed by atoms with Crippen molar-refractivity contribution in [1.82, 2.24) is 14.5 Å². The number of para-hydroxylation sites is 1. The Labute approximate surface area is 151 Å². The van der Waals surface area contributed by atoms with E-state index in [0.29, 0.717) is 10.9 Å². The second-order valence-electron chi connectivity index (χ2n) is 6.98. The smallest absolute Gasteiger partial charge is 0.308 e. The summed E-state index contributed by atoms with van der Waals surface area (Å²) in [6, 6.07) is 5.59. The van der Waals surface area contributed by atoms with Gasteiger partial charge in [0, 0.05) is 25.6 Å². The van der Waals surface area contributed by atoms with Crippen LogP contribution >= 0.6 is 0 Å². The van der Waals surface area contributed by atoms with Crippen molar-refractivity contribution in [3.63, 3.8) is 0 Å². The first-order chi connectivity index (χ1) is 12.4. The van der Waals surface area contributed by atoms with Crippen LogP contribution in [-0.4, -0.2) is 44.0 Å². The maximum atomic E-state index is 12.6. The zero-order valence-corrected chi connectivity index (χ0v) is 15.0. The van der Waals surface area contributed by atoms with Gasteiger partial charge in [-0.1, -0.05) is 19.1 Å². The topological polar surface area (TPSA) is 92.5 Å². The Morgan fingerprint density at radius 2 is 2.12 bits per heavy atom. The molecule has 1 atom stereocenters. The summed E-state index contributed by atoms with van der Waals surface area (Å²) in [7, 11) is 0. The number of carboxylic acids is 1. The molecule has 1 aliphatic rings. The maximum absolute atomic E-state index is 12.6. The van der Waals surface area contributed by atoms with Crippen molar-refractivity contribution in [3.05, 3.63) is 40.4 Å². The lowest BCUT2D eigenvalue weighted by atomic mass is 10.1. The molecule has 1 N–H and O–H groups in total. The zero-order chi connectivity index (χ0) is 18.8. The second-order valence-corrected chi connectivity index (χ2v) is 6.98. The van der Waals surface area contributed by atoms with E-state index in [9.17, 15) is 14.4 Å². The van der Waals surface area contributed by atoms with Crippen molar-refractivity contribution in [2.24, 2.45) is 5.92 Å². The van der Waals surface area contributed by atoms with E-state index in [4.69, 9.17) is 5.11 Å². The molecule has 1 fully saturated rings. The number of amides is 1. The van der Waals surface area contributed by atoms with Crippen LogP contribution in [-0.2, 0) is 16.1 Å². The van der Waals surface area contributed by atoms with Crippen molar-refractivity contribution >= 4 is 22.8 Å². The fourth-order valence-corrected chi connectivity index (χ4v) is 3.07. The third kappa shape index (κ3) is 3.76. The van der Waals surface area contributed by atoms with Gasteiger partial charge in [0.2, 0.25) is 5.91 Å². The molecule has 0 aliphatic heterocycles. The van der Waals surface area contributed by atoms with Crippen LogP contribution in [0.3, 0.4) is 0 Å². The van der Waals surface area contributed by atoms with Gasteiger partial charge in [0.15, 0.2) is 0 Å². The number of carbonyl (C=O) groups is 2. The summed E-state index contributed by atoms with van der Waals surface area (Å²) in [4.78, 5) is 42.3. The van der Waals surface area contributed by atoms with Crippen LogP contribution in [0.1, 0.15) is 31.7 Å². The number of benzene rings is 1. The summed E-state index contributed by atoms with van der Waals surface area (Å²) in [5.74, 6) is -1.63. The Morgan fingerprint density at radius 3 is 2.77 bits per heavy atom. The Morgan fingerprint density at radius 1 is 1.38 bits per heavy atom. The molecule has 0 bridgehead atoms. The van der Waals surface area contributed by atoms with Crippen molar-refractivity contribution in [1.29, 1.82) is 0 Å². The highest BCUT2D eigenvalue weighted by Crippen LogP contribution is 2.28. The number of aryl methyl sites for hydroxylation is 2. The van der Waals surface area contributed by atoms with E-state index in [-0.39, 0.29) is 37.0 Å². The third-order valence-electron chi connectivity index (χ3n) is 4.82. The second kappa shape index (κ2) is 7.27. The van der Waals surface area contributed by atoms with Gasteiger partial charge in [-0.2, -0.15) is 0 Å². The van der Waals surface area contributed by atoms with Gasteiger partial charge in [-0.3, -0.25) is 19.0 Å². The highest BCUT2D eigenvalue weighted by Gasteiger charge is 2.34. The van der Waals surface area contributed by atoms with Crippen molar-refractivity contribution < 1.29 is 14.7 Å². The molecule has 7 heteroatoms. The molecule has 1 heterocycles. The van der Waals surface area contributed by atoms with Gasteiger partial charge < -0.3 is 10.0 Å². The summed E-state index contributed by atoms with van der Waals surface area (Å²) < 4.78 is 1.45. The first-order valence-electron chi connectivity index (χ1n) is 8.85. The molecule has 1 saturated carbocycles. The number of nitrogens with zero attached hydrogens (tertiary/aromatic N) is 3. The van der Waals surface area contributed by atoms with Crippen LogP contribution in [0.2, 0.25) is 0 Å². The van der Waals surface area contributed by atoms with Gasteiger partial charge in [0.1, 0.15) is 0 Å². The quantitative estimate of drug-likeness (QED) is 0.816. The van der Waals surface area contributed by atoms with Crippen LogP contribution in [0.4, 0.5) is 0 Å². The molecule has 138 valence electrons. The molecular weight excluding hydrogens is 334 g/mol. The van der Waals surface area contributed by atoms with Crippen molar-refractivity contribution in [2.75, 3.05) is 6.54 Å². The summed E-state index contributed by atoms with van der Waals surface area (Å²) in [5.41, 5.74) is 1.45. The van der Waals surface area contributed by atoms with Crippen LogP contribution in [0.15, 0.2) is 29.3 Å². The van der Waals surface area contributed by atoms with E-state index in [0.717, 1.165) is 18.4 Å². The molecule has 1 unspecified atom stereocenters. The lowest BCUT2D eigenvalue weighted by molar-refractivity contribution is -0.143. The van der Waals surface area contributed by atoms with Gasteiger partial charge in [0.05, 0.1) is 23.1 Å². The minimum Gasteiger partial charge on any atom is -0.481 e. The summed E-state index contributed by atoms with van der Waals surface area (Å²) in [5, 5.41) is 9.63. The van der Waals surface area contributed by atoms with E-state index < -0.39 is 11.9 Å². The molecule has 3 rings (SSSR count). The number of carboxylic acid groups (broad SMARTS) is 1. The number of hydrogen-bond acceptors (Lipinski definition) is 4. The van der Waals surface area contributed by atoms with Crippen LogP contribution in [0, 0.1) is 12.8 Å². The average Bonchev–Trinajstić information content (AvgIpc) is 3.44. The first kappa shape index (κ1) is 18.1. The van der Waals surface area contributed by atoms with E-state index in [1.165, 1.54) is 10.9 Å². The molecule has 1 amide bonds. The third-order valence-corrected chi connectivity index (χ3v) is 4.82. The normalized spacial score (nSPS) is 15.0. The minimum absolute atomic E-state index is 0.114. The molecular formula is C19H23N3O4. The van der Waals surface area contributed by atoms with Crippen molar-refractivity contribution in [3.8, 4) is 0 Å². The highest BCUT2D eigenvalue weighted by molar-refractivity contribution is 5.80. The van der Waals surface area contributed by atoms with Crippen LogP contribution in [0.25, 0.3) is 10.9 Å². The summed E-state index contributed by atoms with van der Waals surface area (Å²) in [6.07, 6.45) is 3.46. The van der Waals surface area contributed by atoms with E-state index in [1.807, 2.05) is 19.1 Å². The molecule has 7 nitrogen and oxygen atoms in total. The Balaban J connectivity index is 1.72. The molecule has 1 aliphatic carbocycles. The Bertz CT molecular complexity index is 901. The fourth-order valence-electron chi connectivity index (χ4n) is 3.07. The predicted molar refractivity (Wildman–Crippen MR) is 96.9 cm³/mol. The van der Waals surface area contributed by atoms with E-state index in [2.05, 4.69) is 4.98 Å². The molecule has 0 spiro atoms. The summed E-state index contributed by atoms with van der Waals surface area (Å²) in [6.45, 7) is 3.95. The predicted octanol–water partition coefficient (Wildman–Crippen LogP) is 1.81. The number of aromatic nitrogens is 2. The first-order valence-corrected chi connectivity index (χ1v) is 8.85. The number of hydrogen-bond donors (Lipinski definition) is 1.